The Bertz CT molecular complexity index is 1440. The normalized spacial score (nSPS) is 13.1. The molecule has 37 heavy (non-hydrogen) atoms. The number of aryl methyl sites for hydroxylation is 1. The smallest absolute Gasteiger partial charge is 0.410 e. The van der Waals surface area contributed by atoms with E-state index in [-0.39, 0.29) is 28.9 Å². The zero-order valence-electron chi connectivity index (χ0n) is 20.4. The van der Waals surface area contributed by atoms with Crippen LogP contribution in [0.25, 0.3) is 0 Å². The summed E-state index contributed by atoms with van der Waals surface area (Å²) in [6, 6.07) is 6.52. The maximum absolute atomic E-state index is 12.3. The second-order valence-electron chi connectivity index (χ2n) is 8.32. The number of rotatable bonds is 8. The average Bonchev–Trinajstić information content (AvgIpc) is 3.22. The molecule has 2 aromatic heterocycles. The minimum absolute atomic E-state index is 0.126. The fourth-order valence-electron chi connectivity index (χ4n) is 3.77. The molecule has 0 spiro atoms. The van der Waals surface area contributed by atoms with Crippen LogP contribution >= 0.6 is 11.3 Å². The molecule has 1 amide bonds. The molecule has 196 valence electrons. The van der Waals surface area contributed by atoms with E-state index in [1.54, 1.807) is 43.0 Å². The fourth-order valence-corrected chi connectivity index (χ4v) is 5.20. The summed E-state index contributed by atoms with van der Waals surface area (Å²) in [5.41, 5.74) is 2.69. The molecule has 3 aromatic rings. The summed E-state index contributed by atoms with van der Waals surface area (Å²) in [5, 5.41) is 15.9. The number of carbonyl (C=O) groups excluding carboxylic acids is 1. The van der Waals surface area contributed by atoms with Gasteiger partial charge in [0.25, 0.3) is 0 Å². The first-order valence-electron chi connectivity index (χ1n) is 11.4. The standard InChI is InChI=1S/C23H26N6O6S2/c1-4-35-23(32)29-10-9-17-16(12-29)19(24-11-14-5-7-15(8-6-14)37(3,33)34)27-21(26-17)28-22-25-13(2)18(36-22)20(30)31/h5-8H,4,9-12H2,1-3H3,(H,30,31)(H2,24,25,26,27,28). The molecule has 14 heteroatoms. The third-order valence-corrected chi connectivity index (χ3v) is 7.80. The number of hydrogen-bond donors (Lipinski definition) is 3. The molecule has 0 fully saturated rings. The molecule has 3 heterocycles. The van der Waals surface area contributed by atoms with Crippen LogP contribution in [0.1, 0.15) is 39.1 Å². The summed E-state index contributed by atoms with van der Waals surface area (Å²) >= 11 is 0.988. The summed E-state index contributed by atoms with van der Waals surface area (Å²) in [6.45, 7) is 4.64. The number of carboxylic acid groups (broad SMARTS) is 1. The summed E-state index contributed by atoms with van der Waals surface area (Å²) in [7, 11) is -3.30. The molecule has 0 atom stereocenters. The molecule has 0 aliphatic carbocycles. The number of thiazole rings is 1. The van der Waals surface area contributed by atoms with Crippen LogP contribution in [0, 0.1) is 6.92 Å². The summed E-state index contributed by atoms with van der Waals surface area (Å²) in [6.07, 6.45) is 1.21. The molecule has 0 radical (unpaired) electrons. The second-order valence-corrected chi connectivity index (χ2v) is 11.3. The Morgan fingerprint density at radius 2 is 1.92 bits per heavy atom. The van der Waals surface area contributed by atoms with Crippen LogP contribution in [-0.2, 0) is 34.1 Å². The van der Waals surface area contributed by atoms with Gasteiger partial charge in [-0.3, -0.25) is 5.32 Å². The first kappa shape index (κ1) is 26.3. The lowest BCUT2D eigenvalue weighted by Crippen LogP contribution is -2.37. The highest BCUT2D eigenvalue weighted by atomic mass is 32.2. The van der Waals surface area contributed by atoms with Crippen molar-refractivity contribution in [3.05, 3.63) is 51.7 Å². The number of sulfone groups is 1. The van der Waals surface area contributed by atoms with Gasteiger partial charge in [0.2, 0.25) is 5.95 Å². The van der Waals surface area contributed by atoms with Crippen molar-refractivity contribution in [2.24, 2.45) is 0 Å². The maximum Gasteiger partial charge on any atom is 0.410 e. The SMILES string of the molecule is CCOC(=O)N1CCc2nc(Nc3nc(C)c(C(=O)O)s3)nc(NCc3ccc(S(C)(=O)=O)cc3)c2C1. The van der Waals surface area contributed by atoms with Crippen molar-refractivity contribution in [1.29, 1.82) is 0 Å². The van der Waals surface area contributed by atoms with Crippen LogP contribution in [-0.4, -0.2) is 64.8 Å². The Morgan fingerprint density at radius 3 is 2.54 bits per heavy atom. The van der Waals surface area contributed by atoms with Gasteiger partial charge in [0, 0.05) is 31.3 Å². The molecule has 1 aliphatic heterocycles. The Hall–Kier alpha value is -3.78. The van der Waals surface area contributed by atoms with Crippen molar-refractivity contribution in [1.82, 2.24) is 19.9 Å². The lowest BCUT2D eigenvalue weighted by Gasteiger charge is -2.29. The number of anilines is 3. The highest BCUT2D eigenvalue weighted by Crippen LogP contribution is 2.29. The van der Waals surface area contributed by atoms with Gasteiger partial charge in [-0.05, 0) is 31.5 Å². The number of benzene rings is 1. The van der Waals surface area contributed by atoms with Gasteiger partial charge in [0.1, 0.15) is 10.7 Å². The lowest BCUT2D eigenvalue weighted by molar-refractivity contribution is 0.0701. The molecule has 0 unspecified atom stereocenters. The number of amides is 1. The van der Waals surface area contributed by atoms with Crippen molar-refractivity contribution in [2.45, 2.75) is 38.3 Å². The third-order valence-electron chi connectivity index (χ3n) is 5.61. The third kappa shape index (κ3) is 6.14. The Labute approximate surface area is 217 Å². The Kier molecular flexibility index (Phi) is 7.59. The minimum Gasteiger partial charge on any atom is -0.477 e. The molecular formula is C23H26N6O6S2. The van der Waals surface area contributed by atoms with Gasteiger partial charge in [-0.1, -0.05) is 23.5 Å². The summed E-state index contributed by atoms with van der Waals surface area (Å²) < 4.78 is 28.6. The van der Waals surface area contributed by atoms with E-state index < -0.39 is 21.9 Å². The fraction of sp³-hybridized carbons (Fsp3) is 0.348. The van der Waals surface area contributed by atoms with Gasteiger partial charge >= 0.3 is 12.1 Å². The molecule has 1 aliphatic rings. The first-order chi connectivity index (χ1) is 17.5. The van der Waals surface area contributed by atoms with Gasteiger partial charge in [-0.15, -0.1) is 0 Å². The zero-order valence-corrected chi connectivity index (χ0v) is 22.1. The van der Waals surface area contributed by atoms with E-state index in [4.69, 9.17) is 4.74 Å². The molecule has 0 saturated heterocycles. The summed E-state index contributed by atoms with van der Waals surface area (Å²) in [5.74, 6) is -0.331. The Morgan fingerprint density at radius 1 is 1.19 bits per heavy atom. The predicted octanol–water partition coefficient (Wildman–Crippen LogP) is 3.21. The van der Waals surface area contributed by atoms with Gasteiger partial charge < -0.3 is 20.1 Å². The maximum atomic E-state index is 12.3. The lowest BCUT2D eigenvalue weighted by atomic mass is 10.1. The number of hydrogen-bond acceptors (Lipinski definition) is 11. The van der Waals surface area contributed by atoms with Crippen molar-refractivity contribution in [3.63, 3.8) is 0 Å². The van der Waals surface area contributed by atoms with E-state index in [1.165, 1.54) is 0 Å². The van der Waals surface area contributed by atoms with Gasteiger partial charge in [-0.25, -0.2) is 28.0 Å². The van der Waals surface area contributed by atoms with E-state index in [2.05, 4.69) is 25.6 Å². The molecule has 0 saturated carbocycles. The highest BCUT2D eigenvalue weighted by Gasteiger charge is 2.27. The van der Waals surface area contributed by atoms with Crippen LogP contribution in [0.2, 0.25) is 0 Å². The van der Waals surface area contributed by atoms with Crippen molar-refractivity contribution >= 4 is 50.1 Å². The van der Waals surface area contributed by atoms with Crippen LogP contribution in [0.15, 0.2) is 29.2 Å². The van der Waals surface area contributed by atoms with Crippen LogP contribution in [0.3, 0.4) is 0 Å². The monoisotopic (exact) mass is 546 g/mol. The second kappa shape index (κ2) is 10.7. The zero-order chi connectivity index (χ0) is 26.7. The van der Waals surface area contributed by atoms with Crippen LogP contribution < -0.4 is 10.6 Å². The number of nitrogens with zero attached hydrogens (tertiary/aromatic N) is 4. The van der Waals surface area contributed by atoms with E-state index in [0.29, 0.717) is 36.2 Å². The largest absolute Gasteiger partial charge is 0.477 e. The number of carboxylic acids is 1. The van der Waals surface area contributed by atoms with Crippen LogP contribution in [0.5, 0.6) is 0 Å². The van der Waals surface area contributed by atoms with Gasteiger partial charge in [0.15, 0.2) is 15.0 Å². The first-order valence-corrected chi connectivity index (χ1v) is 14.1. The molecule has 4 rings (SSSR count). The quantitative estimate of drug-likeness (QED) is 0.380. The minimum atomic E-state index is -3.30. The summed E-state index contributed by atoms with van der Waals surface area (Å²) in [4.78, 5) is 39.1. The molecule has 0 bridgehead atoms. The van der Waals surface area contributed by atoms with Gasteiger partial charge in [0.05, 0.1) is 29.4 Å². The van der Waals surface area contributed by atoms with Crippen molar-refractivity contribution in [3.8, 4) is 0 Å². The molecule has 12 nitrogen and oxygen atoms in total. The predicted molar refractivity (Wildman–Crippen MR) is 137 cm³/mol. The van der Waals surface area contributed by atoms with E-state index in [9.17, 15) is 23.1 Å². The highest BCUT2D eigenvalue weighted by molar-refractivity contribution is 7.90. The number of nitrogens with one attached hydrogen (secondary N) is 2. The van der Waals surface area contributed by atoms with E-state index in [0.717, 1.165) is 34.4 Å². The Balaban J connectivity index is 1.62. The number of fused-ring (bicyclic) bond motifs is 1. The molecule has 1 aromatic carbocycles. The van der Waals surface area contributed by atoms with Crippen LogP contribution in [0.4, 0.5) is 21.7 Å². The average molecular weight is 547 g/mol. The number of aromatic nitrogens is 3. The topological polar surface area (TPSA) is 164 Å². The molecule has 3 N–H and O–H groups in total. The van der Waals surface area contributed by atoms with Crippen molar-refractivity contribution in [2.75, 3.05) is 30.0 Å². The van der Waals surface area contributed by atoms with E-state index >= 15 is 0 Å². The molecular weight excluding hydrogens is 520 g/mol. The number of ether oxygens (including phenoxy) is 1. The number of carbonyl (C=O) groups is 2. The van der Waals surface area contributed by atoms with Gasteiger partial charge in [-0.2, -0.15) is 4.98 Å². The van der Waals surface area contributed by atoms with Crippen molar-refractivity contribution < 1.29 is 27.9 Å². The number of aromatic carboxylic acids is 1. The van der Waals surface area contributed by atoms with E-state index in [1.807, 2.05) is 0 Å².